The van der Waals surface area contributed by atoms with E-state index in [0.29, 0.717) is 5.75 Å². The minimum absolute atomic E-state index is 0.502. The number of hydrogen-bond donors (Lipinski definition) is 0. The lowest BCUT2D eigenvalue weighted by Gasteiger charge is -2.28. The Morgan fingerprint density at radius 1 is 1.10 bits per heavy atom. The molecular weight excluding hydrogens is 254 g/mol. The smallest absolute Gasteiger partial charge is 0.235 e. The number of carbonyl (C=O) groups excluding carboxylic acids is 1. The van der Waals surface area contributed by atoms with Gasteiger partial charge in [0.05, 0.1) is 14.2 Å². The number of benzene rings is 1. The summed E-state index contributed by atoms with van der Waals surface area (Å²) < 4.78 is 11.1. The number of ether oxygens (including phenoxy) is 2. The molecule has 0 aliphatic heterocycles. The quantitative estimate of drug-likeness (QED) is 0.625. The number of aryl methyl sites for hydroxylation is 2. The van der Waals surface area contributed by atoms with Crippen molar-refractivity contribution >= 4 is 6.08 Å². The normalized spacial score (nSPS) is 16.6. The third-order valence-electron chi connectivity index (χ3n) is 4.18. The molecule has 0 unspecified atom stereocenters. The summed E-state index contributed by atoms with van der Waals surface area (Å²) in [6.45, 7) is 4.02. The van der Waals surface area contributed by atoms with Gasteiger partial charge in [-0.05, 0) is 37.8 Å². The summed E-state index contributed by atoms with van der Waals surface area (Å²) in [4.78, 5) is 15.1. The molecule has 0 amide bonds. The lowest BCUT2D eigenvalue weighted by molar-refractivity contribution is 0.335. The molecule has 1 aliphatic rings. The summed E-state index contributed by atoms with van der Waals surface area (Å²) in [5, 5.41) is 0. The summed E-state index contributed by atoms with van der Waals surface area (Å²) in [5.74, 6) is 1.42. The van der Waals surface area contributed by atoms with Crippen LogP contribution in [0.25, 0.3) is 0 Å². The van der Waals surface area contributed by atoms with Gasteiger partial charge < -0.3 is 9.47 Å². The number of isocyanates is 1. The van der Waals surface area contributed by atoms with Gasteiger partial charge in [0.25, 0.3) is 0 Å². The molecular formula is C16H21NO3. The summed E-state index contributed by atoms with van der Waals surface area (Å²) in [6, 6.07) is 2.07. The minimum Gasteiger partial charge on any atom is -0.493 e. The van der Waals surface area contributed by atoms with Gasteiger partial charge in [0.15, 0.2) is 11.5 Å². The largest absolute Gasteiger partial charge is 0.493 e. The van der Waals surface area contributed by atoms with Crippen LogP contribution >= 0.6 is 0 Å². The molecule has 0 aromatic heterocycles. The first-order valence-electron chi connectivity index (χ1n) is 6.91. The van der Waals surface area contributed by atoms with Crippen LogP contribution in [0.5, 0.6) is 11.5 Å². The third kappa shape index (κ3) is 2.20. The summed E-state index contributed by atoms with van der Waals surface area (Å²) in [6.07, 6.45) is 5.58. The van der Waals surface area contributed by atoms with Gasteiger partial charge in [0, 0.05) is 5.56 Å². The molecule has 2 rings (SSSR count). The molecule has 1 aliphatic carbocycles. The fourth-order valence-corrected chi connectivity index (χ4v) is 3.43. The number of methoxy groups -OCH3 is 2. The van der Waals surface area contributed by atoms with Crippen molar-refractivity contribution in [1.29, 1.82) is 0 Å². The molecule has 0 saturated heterocycles. The Morgan fingerprint density at radius 2 is 1.70 bits per heavy atom. The van der Waals surface area contributed by atoms with Gasteiger partial charge >= 0.3 is 0 Å². The molecule has 1 saturated carbocycles. The predicted molar refractivity (Wildman–Crippen MR) is 77.3 cm³/mol. The van der Waals surface area contributed by atoms with E-state index >= 15 is 0 Å². The summed E-state index contributed by atoms with van der Waals surface area (Å²) in [5.41, 5.74) is 2.58. The van der Waals surface area contributed by atoms with Crippen molar-refractivity contribution in [2.75, 3.05) is 14.2 Å². The highest BCUT2D eigenvalue weighted by Crippen LogP contribution is 2.50. The van der Waals surface area contributed by atoms with Crippen LogP contribution in [0.4, 0.5) is 0 Å². The second-order valence-electron chi connectivity index (χ2n) is 5.39. The van der Waals surface area contributed by atoms with Crippen molar-refractivity contribution in [3.63, 3.8) is 0 Å². The SMILES string of the molecule is COc1c(C)cc(C)c(C2(N=C=O)CCCC2)c1OC. The average molecular weight is 275 g/mol. The zero-order valence-corrected chi connectivity index (χ0v) is 12.6. The van der Waals surface area contributed by atoms with Crippen LogP contribution in [0.2, 0.25) is 0 Å². The highest BCUT2D eigenvalue weighted by atomic mass is 16.5. The second kappa shape index (κ2) is 5.68. The minimum atomic E-state index is -0.502. The van der Waals surface area contributed by atoms with Crippen molar-refractivity contribution in [3.05, 3.63) is 22.8 Å². The standard InChI is InChI=1S/C16H21NO3/c1-11-9-12(2)14(19-3)15(20-4)13(11)16(17-10-18)7-5-6-8-16/h9H,5-8H2,1-4H3. The second-order valence-corrected chi connectivity index (χ2v) is 5.39. The number of hydrogen-bond acceptors (Lipinski definition) is 4. The molecule has 4 heteroatoms. The number of rotatable bonds is 4. The maximum Gasteiger partial charge on any atom is 0.235 e. The molecule has 20 heavy (non-hydrogen) atoms. The third-order valence-corrected chi connectivity index (χ3v) is 4.18. The molecule has 1 aromatic rings. The van der Waals surface area contributed by atoms with Crippen molar-refractivity contribution in [2.45, 2.75) is 45.1 Å². The van der Waals surface area contributed by atoms with E-state index in [1.54, 1.807) is 20.3 Å². The van der Waals surface area contributed by atoms with E-state index in [-0.39, 0.29) is 0 Å². The van der Waals surface area contributed by atoms with Crippen molar-refractivity contribution in [1.82, 2.24) is 0 Å². The van der Waals surface area contributed by atoms with E-state index in [9.17, 15) is 4.79 Å². The van der Waals surface area contributed by atoms with E-state index in [0.717, 1.165) is 48.1 Å². The monoisotopic (exact) mass is 275 g/mol. The Hall–Kier alpha value is -1.80. The fourth-order valence-electron chi connectivity index (χ4n) is 3.43. The van der Waals surface area contributed by atoms with E-state index in [4.69, 9.17) is 9.47 Å². The zero-order valence-electron chi connectivity index (χ0n) is 12.6. The molecule has 0 N–H and O–H groups in total. The molecule has 4 nitrogen and oxygen atoms in total. The fraction of sp³-hybridized carbons (Fsp3) is 0.562. The molecule has 1 aromatic carbocycles. The number of aliphatic imine (C=N–C) groups is 1. The topological polar surface area (TPSA) is 47.9 Å². The van der Waals surface area contributed by atoms with Crippen molar-refractivity contribution < 1.29 is 14.3 Å². The van der Waals surface area contributed by atoms with Gasteiger partial charge in [-0.3, -0.25) is 0 Å². The molecule has 0 radical (unpaired) electrons. The summed E-state index contributed by atoms with van der Waals surface area (Å²) >= 11 is 0. The zero-order chi connectivity index (χ0) is 14.8. The summed E-state index contributed by atoms with van der Waals surface area (Å²) in [7, 11) is 3.27. The van der Waals surface area contributed by atoms with Crippen LogP contribution in [0.1, 0.15) is 42.4 Å². The van der Waals surface area contributed by atoms with Gasteiger partial charge in [-0.25, -0.2) is 4.79 Å². The van der Waals surface area contributed by atoms with Gasteiger partial charge in [-0.2, -0.15) is 4.99 Å². The highest BCUT2D eigenvalue weighted by Gasteiger charge is 2.40. The van der Waals surface area contributed by atoms with Gasteiger partial charge in [-0.15, -0.1) is 0 Å². The molecule has 108 valence electrons. The van der Waals surface area contributed by atoms with E-state index in [2.05, 4.69) is 11.1 Å². The maximum absolute atomic E-state index is 10.9. The van der Waals surface area contributed by atoms with E-state index in [1.165, 1.54) is 0 Å². The van der Waals surface area contributed by atoms with Crippen molar-refractivity contribution in [2.24, 2.45) is 4.99 Å². The Balaban J connectivity index is 2.74. The van der Waals surface area contributed by atoms with Crippen LogP contribution in [0.15, 0.2) is 11.1 Å². The van der Waals surface area contributed by atoms with Crippen LogP contribution in [-0.2, 0) is 10.3 Å². The molecule has 0 spiro atoms. The highest BCUT2D eigenvalue weighted by molar-refractivity contribution is 5.59. The molecule has 0 atom stereocenters. The molecule has 0 bridgehead atoms. The molecule has 0 heterocycles. The number of nitrogens with zero attached hydrogens (tertiary/aromatic N) is 1. The lowest BCUT2D eigenvalue weighted by atomic mass is 9.84. The molecule has 1 fully saturated rings. The Morgan fingerprint density at radius 3 is 2.20 bits per heavy atom. The first kappa shape index (κ1) is 14.6. The van der Waals surface area contributed by atoms with E-state index < -0.39 is 5.54 Å². The van der Waals surface area contributed by atoms with Gasteiger partial charge in [0.2, 0.25) is 6.08 Å². The van der Waals surface area contributed by atoms with Crippen LogP contribution in [0.3, 0.4) is 0 Å². The average Bonchev–Trinajstić information content (AvgIpc) is 2.87. The van der Waals surface area contributed by atoms with Crippen molar-refractivity contribution in [3.8, 4) is 11.5 Å². The maximum atomic E-state index is 10.9. The first-order valence-corrected chi connectivity index (χ1v) is 6.91. The first-order chi connectivity index (χ1) is 9.59. The Labute approximate surface area is 119 Å². The Bertz CT molecular complexity index is 553. The lowest BCUT2D eigenvalue weighted by Crippen LogP contribution is -2.22. The predicted octanol–water partition coefficient (Wildman–Crippen LogP) is 3.43. The van der Waals surface area contributed by atoms with Gasteiger partial charge in [-0.1, -0.05) is 18.9 Å². The van der Waals surface area contributed by atoms with Gasteiger partial charge in [0.1, 0.15) is 5.54 Å². The van der Waals surface area contributed by atoms with Crippen LogP contribution < -0.4 is 9.47 Å². The van der Waals surface area contributed by atoms with Crippen LogP contribution in [-0.4, -0.2) is 20.3 Å². The Kier molecular flexibility index (Phi) is 4.15. The van der Waals surface area contributed by atoms with Crippen LogP contribution in [0, 0.1) is 13.8 Å². The van der Waals surface area contributed by atoms with E-state index in [1.807, 2.05) is 13.8 Å².